The van der Waals surface area contributed by atoms with Crippen molar-refractivity contribution in [3.05, 3.63) is 65.1 Å². The minimum Gasteiger partial charge on any atom is -0.454 e. The Hall–Kier alpha value is -3.39. The molecule has 166 valence electrons. The zero-order valence-electron chi connectivity index (χ0n) is 18.3. The average Bonchev–Trinajstić information content (AvgIpc) is 3.43. The normalized spacial score (nSPS) is 16.7. The van der Waals surface area contributed by atoms with Crippen LogP contribution in [0.1, 0.15) is 40.2 Å². The van der Waals surface area contributed by atoms with E-state index in [9.17, 15) is 4.79 Å². The summed E-state index contributed by atoms with van der Waals surface area (Å²) in [5.41, 5.74) is 3.35. The molecule has 2 aliphatic rings. The summed E-state index contributed by atoms with van der Waals surface area (Å²) in [5.74, 6) is 2.05. The van der Waals surface area contributed by atoms with Gasteiger partial charge in [0.05, 0.1) is 11.3 Å². The molecule has 0 unspecified atom stereocenters. The summed E-state index contributed by atoms with van der Waals surface area (Å²) in [7, 11) is 0. The van der Waals surface area contributed by atoms with Gasteiger partial charge < -0.3 is 19.5 Å². The number of benzene rings is 1. The van der Waals surface area contributed by atoms with Crippen molar-refractivity contribution in [2.75, 3.05) is 26.6 Å². The van der Waals surface area contributed by atoms with E-state index in [4.69, 9.17) is 14.2 Å². The van der Waals surface area contributed by atoms with Crippen molar-refractivity contribution < 1.29 is 19.0 Å². The summed E-state index contributed by atoms with van der Waals surface area (Å²) in [6.45, 7) is 5.98. The zero-order valence-corrected chi connectivity index (χ0v) is 18.3. The highest BCUT2D eigenvalue weighted by Gasteiger charge is 2.36. The summed E-state index contributed by atoms with van der Waals surface area (Å²) in [6.07, 6.45) is 3.24. The number of aromatic nitrogens is 3. The van der Waals surface area contributed by atoms with Crippen LogP contribution in [0.25, 0.3) is 5.82 Å². The minimum atomic E-state index is -0.216. The first-order chi connectivity index (χ1) is 15.5. The third-order valence-electron chi connectivity index (χ3n) is 6.26. The molecule has 1 aromatic carbocycles. The number of rotatable bonds is 5. The van der Waals surface area contributed by atoms with Gasteiger partial charge in [0.2, 0.25) is 6.79 Å². The predicted molar refractivity (Wildman–Crippen MR) is 117 cm³/mol. The second-order valence-corrected chi connectivity index (χ2v) is 8.39. The Labute approximate surface area is 186 Å². The van der Waals surface area contributed by atoms with Crippen molar-refractivity contribution in [1.82, 2.24) is 20.1 Å². The molecule has 0 atom stereocenters. The topological polar surface area (TPSA) is 87.5 Å². The summed E-state index contributed by atoms with van der Waals surface area (Å²) in [4.78, 5) is 17.4. The number of carbonyl (C=O) groups is 1. The standard InChI is InChI=1S/C24H26N4O4/c1-16-11-17(2)28(27-16)22-6-3-18(13-25-22)23(29)26-14-24(7-9-30-10-8-24)19-4-5-20-21(12-19)32-15-31-20/h3-6,11-13H,7-10,14-15H2,1-2H3,(H,26,29). The van der Waals surface area contributed by atoms with Crippen molar-refractivity contribution >= 4 is 5.91 Å². The molecule has 1 saturated heterocycles. The Morgan fingerprint density at radius 1 is 1.09 bits per heavy atom. The first-order valence-corrected chi connectivity index (χ1v) is 10.8. The molecule has 8 heteroatoms. The highest BCUT2D eigenvalue weighted by atomic mass is 16.7. The van der Waals surface area contributed by atoms with Gasteiger partial charge in [-0.15, -0.1) is 0 Å². The number of nitrogens with one attached hydrogen (secondary N) is 1. The van der Waals surface area contributed by atoms with Crippen LogP contribution >= 0.6 is 0 Å². The van der Waals surface area contributed by atoms with Crippen molar-refractivity contribution in [3.63, 3.8) is 0 Å². The van der Waals surface area contributed by atoms with Crippen LogP contribution in [0.5, 0.6) is 11.5 Å². The van der Waals surface area contributed by atoms with Crippen LogP contribution < -0.4 is 14.8 Å². The molecular weight excluding hydrogens is 408 g/mol. The Balaban J connectivity index is 1.32. The molecule has 2 aromatic heterocycles. The van der Waals surface area contributed by atoms with Crippen molar-refractivity contribution in [2.45, 2.75) is 32.1 Å². The van der Waals surface area contributed by atoms with Gasteiger partial charge in [0, 0.05) is 37.1 Å². The SMILES string of the molecule is Cc1cc(C)n(-c2ccc(C(=O)NCC3(c4ccc5c(c4)OCO5)CCOCC3)cn2)n1. The van der Waals surface area contributed by atoms with E-state index in [1.807, 2.05) is 38.1 Å². The third-order valence-corrected chi connectivity index (χ3v) is 6.26. The largest absolute Gasteiger partial charge is 0.454 e. The smallest absolute Gasteiger partial charge is 0.252 e. The van der Waals surface area contributed by atoms with Gasteiger partial charge in [-0.25, -0.2) is 9.67 Å². The van der Waals surface area contributed by atoms with E-state index in [0.717, 1.165) is 41.3 Å². The number of hydrogen-bond donors (Lipinski definition) is 1. The van der Waals surface area contributed by atoms with Crippen molar-refractivity contribution in [3.8, 4) is 17.3 Å². The summed E-state index contributed by atoms with van der Waals surface area (Å²) >= 11 is 0. The van der Waals surface area contributed by atoms with Crippen LogP contribution in [0.3, 0.4) is 0 Å². The lowest BCUT2D eigenvalue weighted by Gasteiger charge is -2.38. The fraction of sp³-hybridized carbons (Fsp3) is 0.375. The highest BCUT2D eigenvalue weighted by molar-refractivity contribution is 5.94. The number of nitrogens with zero attached hydrogens (tertiary/aromatic N) is 3. The van der Waals surface area contributed by atoms with Gasteiger partial charge in [-0.2, -0.15) is 5.10 Å². The van der Waals surface area contributed by atoms with Gasteiger partial charge in [-0.05, 0) is 62.6 Å². The van der Waals surface area contributed by atoms with E-state index < -0.39 is 0 Å². The number of ether oxygens (including phenoxy) is 3. The number of carbonyl (C=O) groups excluding carboxylic acids is 1. The molecular formula is C24H26N4O4. The number of fused-ring (bicyclic) bond motifs is 1. The van der Waals surface area contributed by atoms with Gasteiger partial charge >= 0.3 is 0 Å². The van der Waals surface area contributed by atoms with Crippen molar-refractivity contribution in [2.24, 2.45) is 0 Å². The van der Waals surface area contributed by atoms with Crippen LogP contribution in [-0.4, -0.2) is 47.2 Å². The lowest BCUT2D eigenvalue weighted by Crippen LogP contribution is -2.44. The van der Waals surface area contributed by atoms with Crippen LogP contribution in [0.4, 0.5) is 0 Å². The number of aryl methyl sites for hydroxylation is 2. The molecule has 0 bridgehead atoms. The molecule has 1 fully saturated rings. The molecule has 5 rings (SSSR count). The van der Waals surface area contributed by atoms with Gasteiger partial charge in [-0.1, -0.05) is 6.07 Å². The molecule has 0 radical (unpaired) electrons. The molecule has 3 aromatic rings. The summed E-state index contributed by atoms with van der Waals surface area (Å²) in [5, 5.41) is 7.56. The average molecular weight is 434 g/mol. The first-order valence-electron chi connectivity index (χ1n) is 10.8. The Bertz CT molecular complexity index is 1130. The second kappa shape index (κ2) is 8.27. The van der Waals surface area contributed by atoms with Gasteiger partial charge in [0.15, 0.2) is 17.3 Å². The van der Waals surface area contributed by atoms with E-state index in [2.05, 4.69) is 21.5 Å². The van der Waals surface area contributed by atoms with Crippen LogP contribution in [0.2, 0.25) is 0 Å². The van der Waals surface area contributed by atoms with Gasteiger partial charge in [-0.3, -0.25) is 4.79 Å². The Morgan fingerprint density at radius 2 is 1.91 bits per heavy atom. The first kappa shape index (κ1) is 20.5. The lowest BCUT2D eigenvalue weighted by atomic mass is 9.74. The molecule has 4 heterocycles. The second-order valence-electron chi connectivity index (χ2n) is 8.39. The monoisotopic (exact) mass is 434 g/mol. The van der Waals surface area contributed by atoms with Crippen molar-refractivity contribution in [1.29, 1.82) is 0 Å². The van der Waals surface area contributed by atoms with E-state index in [-0.39, 0.29) is 18.1 Å². The predicted octanol–water partition coefficient (Wildman–Crippen LogP) is 3.09. The fourth-order valence-corrected chi connectivity index (χ4v) is 4.41. The van der Waals surface area contributed by atoms with Crippen LogP contribution in [0, 0.1) is 13.8 Å². The van der Waals surface area contributed by atoms with Gasteiger partial charge in [0.25, 0.3) is 5.91 Å². The molecule has 2 aliphatic heterocycles. The number of hydrogen-bond acceptors (Lipinski definition) is 6. The fourth-order valence-electron chi connectivity index (χ4n) is 4.41. The highest BCUT2D eigenvalue weighted by Crippen LogP contribution is 2.40. The Kier molecular flexibility index (Phi) is 5.30. The number of amides is 1. The lowest BCUT2D eigenvalue weighted by molar-refractivity contribution is 0.0486. The van der Waals surface area contributed by atoms with E-state index in [0.29, 0.717) is 31.1 Å². The zero-order chi connectivity index (χ0) is 22.1. The Morgan fingerprint density at radius 3 is 2.62 bits per heavy atom. The van der Waals surface area contributed by atoms with Gasteiger partial charge in [0.1, 0.15) is 0 Å². The molecule has 0 aliphatic carbocycles. The maximum absolute atomic E-state index is 12.9. The van der Waals surface area contributed by atoms with Crippen LogP contribution in [-0.2, 0) is 10.2 Å². The van der Waals surface area contributed by atoms with E-state index in [1.165, 1.54) is 0 Å². The molecule has 32 heavy (non-hydrogen) atoms. The molecule has 1 N–H and O–H groups in total. The van der Waals surface area contributed by atoms with Crippen LogP contribution in [0.15, 0.2) is 42.6 Å². The summed E-state index contributed by atoms with van der Waals surface area (Å²) in [6, 6.07) is 11.6. The maximum Gasteiger partial charge on any atom is 0.252 e. The maximum atomic E-state index is 12.9. The molecule has 0 saturated carbocycles. The third kappa shape index (κ3) is 3.82. The molecule has 0 spiro atoms. The summed E-state index contributed by atoms with van der Waals surface area (Å²) < 4.78 is 18.4. The minimum absolute atomic E-state index is 0.149. The quantitative estimate of drug-likeness (QED) is 0.664. The van der Waals surface area contributed by atoms with E-state index in [1.54, 1.807) is 16.9 Å². The van der Waals surface area contributed by atoms with E-state index >= 15 is 0 Å². The number of pyridine rings is 1. The molecule has 8 nitrogen and oxygen atoms in total. The molecule has 1 amide bonds.